The minimum atomic E-state index is -0.597. The number of carbonyl (C=O) groups is 2. The van der Waals surface area contributed by atoms with Crippen molar-refractivity contribution in [3.8, 4) is 17.2 Å². The Kier molecular flexibility index (Phi) is 8.89. The summed E-state index contributed by atoms with van der Waals surface area (Å²) in [7, 11) is 0. The molecule has 2 rings (SSSR count). The van der Waals surface area contributed by atoms with Crippen molar-refractivity contribution in [3.05, 3.63) is 64.7 Å². The monoisotopic (exact) mass is 475 g/mol. The van der Waals surface area contributed by atoms with Crippen molar-refractivity contribution in [2.45, 2.75) is 6.92 Å². The summed E-state index contributed by atoms with van der Waals surface area (Å²) < 4.78 is 17.2. The molecule has 0 aromatic heterocycles. The third-order valence-electron chi connectivity index (χ3n) is 3.57. The van der Waals surface area contributed by atoms with E-state index in [1.54, 1.807) is 42.5 Å². The maximum Gasteiger partial charge on any atom is 0.271 e. The number of nitrogens with zero attached hydrogens (tertiary/aromatic N) is 1. The van der Waals surface area contributed by atoms with Crippen molar-refractivity contribution in [2.75, 3.05) is 19.8 Å². The molecule has 2 amide bonds. The summed E-state index contributed by atoms with van der Waals surface area (Å²) in [6, 6.07) is 9.96. The van der Waals surface area contributed by atoms with Gasteiger partial charge in [0, 0.05) is 15.6 Å². The summed E-state index contributed by atoms with van der Waals surface area (Å²) in [5.41, 5.74) is 8.45. The van der Waals surface area contributed by atoms with Crippen molar-refractivity contribution >= 4 is 34.0 Å². The molecule has 0 radical (unpaired) electrons. The van der Waals surface area contributed by atoms with Gasteiger partial charge < -0.3 is 19.9 Å². The molecule has 2 aromatic rings. The molecule has 0 aliphatic carbocycles. The van der Waals surface area contributed by atoms with Gasteiger partial charge in [0.25, 0.3) is 11.8 Å². The van der Waals surface area contributed by atoms with Gasteiger partial charge in [0.05, 0.1) is 12.8 Å². The SMILES string of the molecule is C=CCOc1ccc(C(=O)N/N=C/c2cc(Br)ccc2OCC(N)=O)cc1OCC. The molecule has 2 aromatic carbocycles. The Morgan fingerprint density at radius 3 is 2.60 bits per heavy atom. The van der Waals surface area contributed by atoms with Gasteiger partial charge in [-0.15, -0.1) is 0 Å². The van der Waals surface area contributed by atoms with Crippen LogP contribution in [0.5, 0.6) is 17.2 Å². The Hall–Kier alpha value is -3.33. The van der Waals surface area contributed by atoms with Crippen molar-refractivity contribution in [1.82, 2.24) is 5.43 Å². The van der Waals surface area contributed by atoms with Gasteiger partial charge in [-0.25, -0.2) is 5.43 Å². The lowest BCUT2D eigenvalue weighted by Crippen LogP contribution is -2.20. The summed E-state index contributed by atoms with van der Waals surface area (Å²) in [5, 5.41) is 3.97. The topological polar surface area (TPSA) is 112 Å². The number of ether oxygens (including phenoxy) is 3. The lowest BCUT2D eigenvalue weighted by atomic mass is 10.2. The standard InChI is InChI=1S/C21H22BrN3O5/c1-3-9-29-18-7-5-14(11-19(18)28-4-2)21(27)25-24-12-15-10-16(22)6-8-17(15)30-13-20(23)26/h3,5-8,10-12H,1,4,9,13H2,2H3,(H2,23,26)(H,25,27)/b24-12+. The summed E-state index contributed by atoms with van der Waals surface area (Å²) in [4.78, 5) is 23.4. The zero-order valence-corrected chi connectivity index (χ0v) is 18.0. The first kappa shape index (κ1) is 23.0. The molecule has 0 aliphatic heterocycles. The molecule has 0 heterocycles. The van der Waals surface area contributed by atoms with E-state index < -0.39 is 11.8 Å². The molecule has 0 saturated heterocycles. The van der Waals surface area contributed by atoms with E-state index in [1.165, 1.54) is 6.21 Å². The number of hydrogen-bond donors (Lipinski definition) is 2. The van der Waals surface area contributed by atoms with E-state index in [4.69, 9.17) is 19.9 Å². The van der Waals surface area contributed by atoms with Crippen LogP contribution in [0.2, 0.25) is 0 Å². The molecular weight excluding hydrogens is 454 g/mol. The zero-order valence-electron chi connectivity index (χ0n) is 16.4. The molecule has 8 nitrogen and oxygen atoms in total. The van der Waals surface area contributed by atoms with E-state index in [1.807, 2.05) is 6.92 Å². The number of amides is 2. The van der Waals surface area contributed by atoms with Crippen LogP contribution < -0.4 is 25.4 Å². The fourth-order valence-corrected chi connectivity index (χ4v) is 2.69. The Morgan fingerprint density at radius 1 is 1.13 bits per heavy atom. The lowest BCUT2D eigenvalue weighted by molar-refractivity contribution is -0.119. The van der Waals surface area contributed by atoms with E-state index in [2.05, 4.69) is 33.0 Å². The van der Waals surface area contributed by atoms with Gasteiger partial charge in [-0.05, 0) is 43.3 Å². The normalized spacial score (nSPS) is 10.5. The van der Waals surface area contributed by atoms with Gasteiger partial charge in [-0.2, -0.15) is 5.10 Å². The van der Waals surface area contributed by atoms with Gasteiger partial charge in [-0.3, -0.25) is 9.59 Å². The van der Waals surface area contributed by atoms with E-state index in [0.29, 0.717) is 41.6 Å². The second-order valence-electron chi connectivity index (χ2n) is 5.83. The predicted octanol–water partition coefficient (Wildman–Crippen LogP) is 3.04. The molecule has 30 heavy (non-hydrogen) atoms. The van der Waals surface area contributed by atoms with E-state index in [9.17, 15) is 9.59 Å². The van der Waals surface area contributed by atoms with E-state index in [0.717, 1.165) is 4.47 Å². The van der Waals surface area contributed by atoms with Gasteiger partial charge in [0.1, 0.15) is 12.4 Å². The van der Waals surface area contributed by atoms with Crippen LogP contribution in [-0.4, -0.2) is 37.8 Å². The third kappa shape index (κ3) is 6.93. The minimum absolute atomic E-state index is 0.269. The smallest absolute Gasteiger partial charge is 0.271 e. The zero-order chi connectivity index (χ0) is 21.9. The molecule has 0 spiro atoms. The maximum atomic E-state index is 12.4. The molecule has 158 valence electrons. The fourth-order valence-electron chi connectivity index (χ4n) is 2.31. The number of primary amides is 1. The molecule has 0 atom stereocenters. The average molecular weight is 476 g/mol. The summed E-state index contributed by atoms with van der Waals surface area (Å²) in [5.74, 6) is 0.335. The van der Waals surface area contributed by atoms with Crippen LogP contribution in [0.25, 0.3) is 0 Å². The first-order valence-corrected chi connectivity index (χ1v) is 9.78. The molecule has 3 N–H and O–H groups in total. The number of benzene rings is 2. The van der Waals surface area contributed by atoms with Gasteiger partial charge in [0.15, 0.2) is 18.1 Å². The van der Waals surface area contributed by atoms with Crippen LogP contribution in [0.3, 0.4) is 0 Å². The number of nitrogens with one attached hydrogen (secondary N) is 1. The highest BCUT2D eigenvalue weighted by Gasteiger charge is 2.11. The average Bonchev–Trinajstić information content (AvgIpc) is 2.72. The fraction of sp³-hybridized carbons (Fsp3) is 0.190. The first-order chi connectivity index (χ1) is 14.4. The number of hydrazone groups is 1. The number of hydrogen-bond acceptors (Lipinski definition) is 6. The van der Waals surface area contributed by atoms with Crippen LogP contribution in [0.15, 0.2) is 58.6 Å². The van der Waals surface area contributed by atoms with Gasteiger partial charge >= 0.3 is 0 Å². The summed E-state index contributed by atoms with van der Waals surface area (Å²) in [6.45, 7) is 5.92. The molecule has 9 heteroatoms. The van der Waals surface area contributed by atoms with Crippen LogP contribution in [-0.2, 0) is 4.79 Å². The molecule has 0 unspecified atom stereocenters. The number of halogens is 1. The molecular formula is C21H22BrN3O5. The van der Waals surface area contributed by atoms with Gasteiger partial charge in [-0.1, -0.05) is 28.6 Å². The van der Waals surface area contributed by atoms with Crippen LogP contribution in [0, 0.1) is 0 Å². The molecule has 0 saturated carbocycles. The highest BCUT2D eigenvalue weighted by atomic mass is 79.9. The number of nitrogens with two attached hydrogens (primary N) is 1. The van der Waals surface area contributed by atoms with Crippen LogP contribution >= 0.6 is 15.9 Å². The number of carbonyl (C=O) groups excluding carboxylic acids is 2. The van der Waals surface area contributed by atoms with Crippen molar-refractivity contribution < 1.29 is 23.8 Å². The maximum absolute atomic E-state index is 12.4. The predicted molar refractivity (Wildman–Crippen MR) is 117 cm³/mol. The largest absolute Gasteiger partial charge is 0.490 e. The van der Waals surface area contributed by atoms with Crippen molar-refractivity contribution in [1.29, 1.82) is 0 Å². The Labute approximate surface area is 182 Å². The van der Waals surface area contributed by atoms with Crippen molar-refractivity contribution in [3.63, 3.8) is 0 Å². The molecule has 0 bridgehead atoms. The van der Waals surface area contributed by atoms with E-state index >= 15 is 0 Å². The summed E-state index contributed by atoms with van der Waals surface area (Å²) in [6.07, 6.45) is 3.03. The van der Waals surface area contributed by atoms with Crippen molar-refractivity contribution in [2.24, 2.45) is 10.8 Å². The Balaban J connectivity index is 2.12. The molecule has 0 aliphatic rings. The second kappa shape index (κ2) is 11.6. The minimum Gasteiger partial charge on any atom is -0.490 e. The second-order valence-corrected chi connectivity index (χ2v) is 6.75. The Bertz CT molecular complexity index is 946. The Morgan fingerprint density at radius 2 is 1.90 bits per heavy atom. The van der Waals surface area contributed by atoms with Crippen LogP contribution in [0.4, 0.5) is 0 Å². The quantitative estimate of drug-likeness (QED) is 0.294. The lowest BCUT2D eigenvalue weighted by Gasteiger charge is -2.12. The molecule has 0 fully saturated rings. The van der Waals surface area contributed by atoms with Gasteiger partial charge in [0.2, 0.25) is 0 Å². The highest BCUT2D eigenvalue weighted by molar-refractivity contribution is 9.10. The van der Waals surface area contributed by atoms with Crippen LogP contribution in [0.1, 0.15) is 22.8 Å². The highest BCUT2D eigenvalue weighted by Crippen LogP contribution is 2.28. The first-order valence-electron chi connectivity index (χ1n) is 8.99. The number of rotatable bonds is 11. The summed E-state index contributed by atoms with van der Waals surface area (Å²) >= 11 is 3.35. The third-order valence-corrected chi connectivity index (χ3v) is 4.07. The van der Waals surface area contributed by atoms with E-state index in [-0.39, 0.29) is 6.61 Å².